The van der Waals surface area contributed by atoms with Crippen LogP contribution in [0.25, 0.3) is 0 Å². The second-order valence-corrected chi connectivity index (χ2v) is 10.6. The van der Waals surface area contributed by atoms with Crippen LogP contribution in [0.4, 0.5) is 4.79 Å². The Hall–Kier alpha value is -3.44. The standard InChI is InChI=1S/C26H27ClN2O7S/c1-28(36-2)25(31)20-6-4-8-23(16-20)37(34,35)22-11-9-18(10-12-22)13-14-29(26(32)33)17-24(30)19-5-3-7-21(27)15-19/h3-12,15-16,24,30H,13-14,17H2,1-2H3,(H,32,33)/t24-/m0/s1. The summed E-state index contributed by atoms with van der Waals surface area (Å²) in [7, 11) is -1.15. The molecule has 0 aliphatic heterocycles. The Morgan fingerprint density at radius 1 is 1.00 bits per heavy atom. The average Bonchev–Trinajstić information content (AvgIpc) is 2.90. The van der Waals surface area contributed by atoms with Crippen LogP contribution in [0.3, 0.4) is 0 Å². The number of amides is 2. The molecular formula is C26H27ClN2O7S. The summed E-state index contributed by atoms with van der Waals surface area (Å²) in [6.45, 7) is -0.0499. The molecule has 0 radical (unpaired) electrons. The summed E-state index contributed by atoms with van der Waals surface area (Å²) >= 11 is 5.95. The Morgan fingerprint density at radius 2 is 1.68 bits per heavy atom. The van der Waals surface area contributed by atoms with Crippen molar-refractivity contribution in [1.29, 1.82) is 0 Å². The zero-order chi connectivity index (χ0) is 27.2. The van der Waals surface area contributed by atoms with Crippen molar-refractivity contribution >= 4 is 33.4 Å². The van der Waals surface area contributed by atoms with Gasteiger partial charge < -0.3 is 15.1 Å². The summed E-state index contributed by atoms with van der Waals surface area (Å²) in [6, 6.07) is 18.3. The van der Waals surface area contributed by atoms with Gasteiger partial charge in [-0.25, -0.2) is 18.3 Å². The molecule has 3 aromatic rings. The third-order valence-corrected chi connectivity index (χ3v) is 7.75. The first kappa shape index (κ1) is 28.1. The van der Waals surface area contributed by atoms with E-state index in [4.69, 9.17) is 16.4 Å². The summed E-state index contributed by atoms with van der Waals surface area (Å²) in [5.74, 6) is -0.488. The van der Waals surface area contributed by atoms with Crippen molar-refractivity contribution in [3.63, 3.8) is 0 Å². The monoisotopic (exact) mass is 546 g/mol. The van der Waals surface area contributed by atoms with Gasteiger partial charge in [0.25, 0.3) is 5.91 Å². The highest BCUT2D eigenvalue weighted by atomic mass is 35.5. The maximum atomic E-state index is 13.1. The zero-order valence-corrected chi connectivity index (χ0v) is 21.8. The maximum Gasteiger partial charge on any atom is 0.407 e. The lowest BCUT2D eigenvalue weighted by atomic mass is 10.1. The van der Waals surface area contributed by atoms with Crippen molar-refractivity contribution in [3.8, 4) is 0 Å². The highest BCUT2D eigenvalue weighted by molar-refractivity contribution is 7.91. The molecule has 3 aromatic carbocycles. The number of hydroxylamine groups is 2. The van der Waals surface area contributed by atoms with E-state index in [1.807, 2.05) is 0 Å². The Balaban J connectivity index is 1.70. The Labute approximate surface area is 220 Å². The van der Waals surface area contributed by atoms with Crippen molar-refractivity contribution in [3.05, 3.63) is 94.5 Å². The van der Waals surface area contributed by atoms with E-state index < -0.39 is 27.9 Å². The summed E-state index contributed by atoms with van der Waals surface area (Å²) < 4.78 is 26.2. The number of aliphatic hydroxyl groups is 1. The Kier molecular flexibility index (Phi) is 9.28. The first-order valence-electron chi connectivity index (χ1n) is 11.2. The molecule has 196 valence electrons. The molecule has 1 atom stereocenters. The van der Waals surface area contributed by atoms with Crippen molar-refractivity contribution in [2.75, 3.05) is 27.2 Å². The van der Waals surface area contributed by atoms with Crippen molar-refractivity contribution in [1.82, 2.24) is 9.96 Å². The van der Waals surface area contributed by atoms with Gasteiger partial charge in [-0.05, 0) is 60.0 Å². The first-order chi connectivity index (χ1) is 17.5. The Morgan fingerprint density at radius 3 is 2.30 bits per heavy atom. The van der Waals surface area contributed by atoms with Crippen LogP contribution in [-0.4, -0.2) is 67.8 Å². The Bertz CT molecular complexity index is 1360. The molecule has 0 heterocycles. The number of halogens is 1. The molecule has 0 spiro atoms. The lowest BCUT2D eigenvalue weighted by molar-refractivity contribution is -0.0757. The normalized spacial score (nSPS) is 12.1. The number of carbonyl (C=O) groups excluding carboxylic acids is 1. The molecule has 37 heavy (non-hydrogen) atoms. The topological polar surface area (TPSA) is 124 Å². The van der Waals surface area contributed by atoms with E-state index in [0.717, 1.165) is 9.96 Å². The predicted molar refractivity (Wildman–Crippen MR) is 137 cm³/mol. The minimum atomic E-state index is -3.90. The van der Waals surface area contributed by atoms with E-state index in [1.54, 1.807) is 36.4 Å². The third kappa shape index (κ3) is 7.07. The quantitative estimate of drug-likeness (QED) is 0.367. The van der Waals surface area contributed by atoms with Crippen molar-refractivity contribution in [2.45, 2.75) is 22.3 Å². The number of nitrogens with zero attached hydrogens (tertiary/aromatic N) is 2. The van der Waals surface area contributed by atoms with Crippen LogP contribution in [0.15, 0.2) is 82.6 Å². The number of rotatable bonds is 10. The molecule has 9 nitrogen and oxygen atoms in total. The lowest BCUT2D eigenvalue weighted by Crippen LogP contribution is -2.35. The van der Waals surface area contributed by atoms with E-state index in [0.29, 0.717) is 22.6 Å². The van der Waals surface area contributed by atoms with Gasteiger partial charge in [-0.2, -0.15) is 0 Å². The minimum Gasteiger partial charge on any atom is -0.465 e. The van der Waals surface area contributed by atoms with Crippen molar-refractivity contribution < 1.29 is 33.1 Å². The highest BCUT2D eigenvalue weighted by Gasteiger charge is 2.21. The number of hydrogen-bond acceptors (Lipinski definition) is 6. The SMILES string of the molecule is CON(C)C(=O)c1cccc(S(=O)(=O)c2ccc(CCN(C[C@H](O)c3cccc(Cl)c3)C(=O)O)cc2)c1. The van der Waals surface area contributed by atoms with Gasteiger partial charge in [0, 0.05) is 24.2 Å². The minimum absolute atomic E-state index is 0.0346. The van der Waals surface area contributed by atoms with E-state index >= 15 is 0 Å². The number of sulfone groups is 1. The highest BCUT2D eigenvalue weighted by Crippen LogP contribution is 2.23. The summed E-state index contributed by atoms with van der Waals surface area (Å²) in [5.41, 5.74) is 1.39. The molecule has 0 bridgehead atoms. The number of carboxylic acid groups (broad SMARTS) is 1. The van der Waals surface area contributed by atoms with E-state index in [-0.39, 0.29) is 28.4 Å². The van der Waals surface area contributed by atoms with Crippen molar-refractivity contribution in [2.24, 2.45) is 0 Å². The third-order valence-electron chi connectivity index (χ3n) is 5.75. The van der Waals surface area contributed by atoms with Crippen LogP contribution in [-0.2, 0) is 21.1 Å². The number of aliphatic hydroxyl groups excluding tert-OH is 1. The van der Waals surface area contributed by atoms with Crippen LogP contribution < -0.4 is 0 Å². The van der Waals surface area contributed by atoms with E-state index in [2.05, 4.69) is 0 Å². The first-order valence-corrected chi connectivity index (χ1v) is 13.1. The zero-order valence-electron chi connectivity index (χ0n) is 20.2. The fraction of sp³-hybridized carbons (Fsp3) is 0.231. The van der Waals surface area contributed by atoms with Gasteiger partial charge in [0.05, 0.1) is 29.5 Å². The largest absolute Gasteiger partial charge is 0.465 e. The van der Waals surface area contributed by atoms with E-state index in [9.17, 15) is 28.2 Å². The fourth-order valence-corrected chi connectivity index (χ4v) is 5.09. The molecule has 0 aromatic heterocycles. The van der Waals surface area contributed by atoms with Crippen LogP contribution >= 0.6 is 11.6 Å². The molecule has 0 aliphatic carbocycles. The smallest absolute Gasteiger partial charge is 0.407 e. The molecule has 0 saturated heterocycles. The van der Waals surface area contributed by atoms with Crippen LogP contribution in [0, 0.1) is 0 Å². The molecule has 2 N–H and O–H groups in total. The molecular weight excluding hydrogens is 520 g/mol. The van der Waals surface area contributed by atoms with Crippen LogP contribution in [0.2, 0.25) is 5.02 Å². The van der Waals surface area contributed by atoms with Gasteiger partial charge in [0.15, 0.2) is 0 Å². The number of benzene rings is 3. The molecule has 0 aliphatic rings. The van der Waals surface area contributed by atoms with Gasteiger partial charge in [0.1, 0.15) is 0 Å². The average molecular weight is 547 g/mol. The maximum absolute atomic E-state index is 13.1. The van der Waals surface area contributed by atoms with Gasteiger partial charge in [-0.3, -0.25) is 9.63 Å². The fourth-order valence-electron chi connectivity index (χ4n) is 3.59. The lowest BCUT2D eigenvalue weighted by Gasteiger charge is -2.23. The number of carbonyl (C=O) groups is 2. The van der Waals surface area contributed by atoms with Gasteiger partial charge in [0.2, 0.25) is 9.84 Å². The molecule has 3 rings (SSSR count). The summed E-state index contributed by atoms with van der Waals surface area (Å²) in [6.07, 6.45) is -1.93. The predicted octanol–water partition coefficient (Wildman–Crippen LogP) is 4.06. The molecule has 0 saturated carbocycles. The summed E-state index contributed by atoms with van der Waals surface area (Å²) in [5, 5.41) is 21.4. The van der Waals surface area contributed by atoms with Crippen LogP contribution in [0.1, 0.15) is 27.6 Å². The number of hydrogen-bond donors (Lipinski definition) is 2. The van der Waals surface area contributed by atoms with Gasteiger partial charge >= 0.3 is 6.09 Å². The van der Waals surface area contributed by atoms with E-state index in [1.165, 1.54) is 50.6 Å². The van der Waals surface area contributed by atoms with Crippen LogP contribution in [0.5, 0.6) is 0 Å². The molecule has 11 heteroatoms. The molecule has 0 fully saturated rings. The van der Waals surface area contributed by atoms with Gasteiger partial charge in [-0.1, -0.05) is 41.9 Å². The molecule has 0 unspecified atom stereocenters. The second-order valence-electron chi connectivity index (χ2n) is 8.21. The second kappa shape index (κ2) is 12.2. The summed E-state index contributed by atoms with van der Waals surface area (Å²) in [4.78, 5) is 30.0. The molecule has 2 amide bonds. The van der Waals surface area contributed by atoms with Gasteiger partial charge in [-0.15, -0.1) is 0 Å².